The third-order valence-corrected chi connectivity index (χ3v) is 5.83. The van der Waals surface area contributed by atoms with Gasteiger partial charge in [-0.15, -0.1) is 11.8 Å². The summed E-state index contributed by atoms with van der Waals surface area (Å²) >= 11 is 2.08. The molecule has 20 heavy (non-hydrogen) atoms. The second kappa shape index (κ2) is 10.1. The SMILES string of the molecule is CCCC(C)CCCCC(C)SC1OCC1CC(C)C. The molecule has 0 aromatic rings. The second-order valence-electron chi connectivity index (χ2n) is 7.22. The molecule has 0 aromatic heterocycles. The molecular formula is C18H36OS. The summed E-state index contributed by atoms with van der Waals surface area (Å²) in [6, 6.07) is 0. The molecule has 4 unspecified atom stereocenters. The molecule has 0 saturated carbocycles. The molecule has 2 heteroatoms. The molecule has 0 radical (unpaired) electrons. The van der Waals surface area contributed by atoms with Crippen LogP contribution in [0.3, 0.4) is 0 Å². The summed E-state index contributed by atoms with van der Waals surface area (Å²) in [5, 5.41) is 0.761. The Hall–Kier alpha value is 0.310. The van der Waals surface area contributed by atoms with Gasteiger partial charge in [-0.1, -0.05) is 66.7 Å². The van der Waals surface area contributed by atoms with Crippen LogP contribution in [-0.4, -0.2) is 17.3 Å². The molecule has 1 nitrogen and oxygen atoms in total. The minimum Gasteiger partial charge on any atom is -0.367 e. The van der Waals surface area contributed by atoms with Crippen molar-refractivity contribution in [1.29, 1.82) is 0 Å². The van der Waals surface area contributed by atoms with Crippen molar-refractivity contribution in [2.24, 2.45) is 17.8 Å². The lowest BCUT2D eigenvalue weighted by atomic mass is 9.96. The highest BCUT2D eigenvalue weighted by atomic mass is 32.2. The summed E-state index contributed by atoms with van der Waals surface area (Å²) in [5.74, 6) is 2.54. The van der Waals surface area contributed by atoms with Crippen molar-refractivity contribution in [1.82, 2.24) is 0 Å². The van der Waals surface area contributed by atoms with Crippen LogP contribution in [-0.2, 0) is 4.74 Å². The fourth-order valence-electron chi connectivity index (χ4n) is 3.10. The molecule has 1 heterocycles. The molecule has 1 saturated heterocycles. The van der Waals surface area contributed by atoms with Crippen LogP contribution in [0.2, 0.25) is 0 Å². The van der Waals surface area contributed by atoms with Crippen LogP contribution < -0.4 is 0 Å². The number of ether oxygens (including phenoxy) is 1. The van der Waals surface area contributed by atoms with Crippen molar-refractivity contribution >= 4 is 11.8 Å². The number of hydrogen-bond donors (Lipinski definition) is 0. The van der Waals surface area contributed by atoms with Gasteiger partial charge in [0.1, 0.15) is 5.44 Å². The monoisotopic (exact) mass is 300 g/mol. The van der Waals surface area contributed by atoms with Crippen molar-refractivity contribution in [2.75, 3.05) is 6.61 Å². The Morgan fingerprint density at radius 1 is 1.05 bits per heavy atom. The lowest BCUT2D eigenvalue weighted by Gasteiger charge is -2.38. The van der Waals surface area contributed by atoms with E-state index >= 15 is 0 Å². The number of rotatable bonds is 11. The standard InChI is InChI=1S/C18H36OS/c1-6-9-15(4)10-7-8-11-16(5)20-18-17(13-19-18)12-14(2)3/h14-18H,6-13H2,1-5H3. The van der Waals surface area contributed by atoms with E-state index in [1.54, 1.807) is 0 Å². The molecule has 1 aliphatic rings. The van der Waals surface area contributed by atoms with Gasteiger partial charge in [0.2, 0.25) is 0 Å². The normalized spacial score (nSPS) is 25.5. The maximum Gasteiger partial charge on any atom is 0.108 e. The van der Waals surface area contributed by atoms with E-state index in [-0.39, 0.29) is 0 Å². The predicted octanol–water partition coefficient (Wildman–Crippen LogP) is 6.12. The quantitative estimate of drug-likeness (QED) is 0.425. The van der Waals surface area contributed by atoms with Crippen LogP contribution in [0.1, 0.15) is 79.6 Å². The number of hydrogen-bond acceptors (Lipinski definition) is 2. The summed E-state index contributed by atoms with van der Waals surface area (Å²) in [4.78, 5) is 0. The minimum atomic E-state index is 0.492. The fraction of sp³-hybridized carbons (Fsp3) is 1.00. The Labute approximate surface area is 131 Å². The highest BCUT2D eigenvalue weighted by Gasteiger charge is 2.33. The van der Waals surface area contributed by atoms with Crippen LogP contribution in [0.25, 0.3) is 0 Å². The largest absolute Gasteiger partial charge is 0.367 e. The molecule has 0 aromatic carbocycles. The zero-order valence-corrected chi connectivity index (χ0v) is 15.2. The van der Waals surface area contributed by atoms with E-state index in [1.165, 1.54) is 44.9 Å². The number of thioether (sulfide) groups is 1. The van der Waals surface area contributed by atoms with Gasteiger partial charge in [0.05, 0.1) is 6.61 Å². The van der Waals surface area contributed by atoms with Gasteiger partial charge in [0.25, 0.3) is 0 Å². The van der Waals surface area contributed by atoms with Gasteiger partial charge < -0.3 is 4.74 Å². The van der Waals surface area contributed by atoms with E-state index in [1.807, 2.05) is 0 Å². The van der Waals surface area contributed by atoms with Crippen LogP contribution in [0.15, 0.2) is 0 Å². The molecule has 1 aliphatic heterocycles. The molecule has 0 amide bonds. The van der Waals surface area contributed by atoms with E-state index in [9.17, 15) is 0 Å². The van der Waals surface area contributed by atoms with Gasteiger partial charge in [-0.2, -0.15) is 0 Å². The Kier molecular flexibility index (Phi) is 9.28. The number of unbranched alkanes of at least 4 members (excludes halogenated alkanes) is 1. The highest BCUT2D eigenvalue weighted by molar-refractivity contribution is 8.00. The first-order valence-corrected chi connectivity index (χ1v) is 9.74. The van der Waals surface area contributed by atoms with Gasteiger partial charge in [-0.05, 0) is 24.7 Å². The predicted molar refractivity (Wildman–Crippen MR) is 92.3 cm³/mol. The summed E-state index contributed by atoms with van der Waals surface area (Å²) in [7, 11) is 0. The van der Waals surface area contributed by atoms with Crippen molar-refractivity contribution in [2.45, 2.75) is 90.3 Å². The van der Waals surface area contributed by atoms with Gasteiger partial charge in [0.15, 0.2) is 0 Å². The summed E-state index contributed by atoms with van der Waals surface area (Å²) in [5.41, 5.74) is 0.492. The molecule has 1 rings (SSSR count). The first kappa shape index (κ1) is 18.4. The van der Waals surface area contributed by atoms with Crippen molar-refractivity contribution in [3.05, 3.63) is 0 Å². The van der Waals surface area contributed by atoms with E-state index in [4.69, 9.17) is 4.74 Å². The summed E-state index contributed by atoms with van der Waals surface area (Å²) in [6.07, 6.45) is 9.65. The summed E-state index contributed by atoms with van der Waals surface area (Å²) in [6.45, 7) is 12.7. The van der Waals surface area contributed by atoms with Gasteiger partial charge in [0, 0.05) is 11.2 Å². The third-order valence-electron chi connectivity index (χ3n) is 4.34. The Balaban J connectivity index is 2.04. The van der Waals surface area contributed by atoms with Crippen LogP contribution in [0.4, 0.5) is 0 Å². The van der Waals surface area contributed by atoms with E-state index < -0.39 is 0 Å². The van der Waals surface area contributed by atoms with Crippen LogP contribution in [0.5, 0.6) is 0 Å². The first-order chi connectivity index (χ1) is 9.52. The zero-order chi connectivity index (χ0) is 15.0. The molecule has 120 valence electrons. The average molecular weight is 301 g/mol. The van der Waals surface area contributed by atoms with Gasteiger partial charge >= 0.3 is 0 Å². The van der Waals surface area contributed by atoms with Crippen LogP contribution >= 0.6 is 11.8 Å². The first-order valence-electron chi connectivity index (χ1n) is 8.80. The highest BCUT2D eigenvalue weighted by Crippen LogP contribution is 2.38. The van der Waals surface area contributed by atoms with E-state index in [0.717, 1.165) is 29.6 Å². The fourth-order valence-corrected chi connectivity index (χ4v) is 4.43. The van der Waals surface area contributed by atoms with Crippen molar-refractivity contribution < 1.29 is 4.74 Å². The molecule has 0 aliphatic carbocycles. The average Bonchev–Trinajstić information content (AvgIpc) is 2.37. The minimum absolute atomic E-state index is 0.492. The van der Waals surface area contributed by atoms with Gasteiger partial charge in [-0.25, -0.2) is 0 Å². The Morgan fingerprint density at radius 2 is 1.75 bits per heavy atom. The molecule has 0 bridgehead atoms. The lowest BCUT2D eigenvalue weighted by Crippen LogP contribution is -2.39. The van der Waals surface area contributed by atoms with E-state index in [2.05, 4.69) is 46.4 Å². The van der Waals surface area contributed by atoms with Gasteiger partial charge in [-0.3, -0.25) is 0 Å². The maximum atomic E-state index is 5.75. The third kappa shape index (κ3) is 7.36. The second-order valence-corrected chi connectivity index (χ2v) is 8.76. The van der Waals surface area contributed by atoms with Crippen molar-refractivity contribution in [3.63, 3.8) is 0 Å². The molecule has 0 N–H and O–H groups in total. The maximum absolute atomic E-state index is 5.75. The molecule has 1 fully saturated rings. The Morgan fingerprint density at radius 3 is 2.30 bits per heavy atom. The molecule has 4 atom stereocenters. The zero-order valence-electron chi connectivity index (χ0n) is 14.4. The van der Waals surface area contributed by atoms with Crippen LogP contribution in [0, 0.1) is 17.8 Å². The lowest BCUT2D eigenvalue weighted by molar-refractivity contribution is -0.0663. The summed E-state index contributed by atoms with van der Waals surface area (Å²) < 4.78 is 5.75. The molecule has 0 spiro atoms. The van der Waals surface area contributed by atoms with E-state index in [0.29, 0.717) is 5.44 Å². The topological polar surface area (TPSA) is 9.23 Å². The Bertz CT molecular complexity index is 242. The van der Waals surface area contributed by atoms with Crippen molar-refractivity contribution in [3.8, 4) is 0 Å². The molecular weight excluding hydrogens is 264 g/mol. The smallest absolute Gasteiger partial charge is 0.108 e.